The number of aryl methyl sites for hydroxylation is 1. The number of aliphatic carboxylic acids is 1. The van der Waals surface area contributed by atoms with Gasteiger partial charge in [-0.15, -0.1) is 0 Å². The Kier molecular flexibility index (Phi) is 4.23. The van der Waals surface area contributed by atoms with Crippen LogP contribution in [0.25, 0.3) is 0 Å². The summed E-state index contributed by atoms with van der Waals surface area (Å²) >= 11 is 0. The lowest BCUT2D eigenvalue weighted by Crippen LogP contribution is -2.47. The molecule has 1 aromatic rings. The number of hydrogen-bond acceptors (Lipinski definition) is 3. The lowest BCUT2D eigenvalue weighted by Gasteiger charge is -2.17. The SMILES string of the molecule is Cc1ccccc1C(=O)NC(C(=O)O)C(C)O. The molecule has 17 heavy (non-hydrogen) atoms. The van der Waals surface area contributed by atoms with Crippen molar-refractivity contribution in [2.45, 2.75) is 26.0 Å². The van der Waals surface area contributed by atoms with Crippen molar-refractivity contribution < 1.29 is 19.8 Å². The Hall–Kier alpha value is -1.88. The molecule has 1 amide bonds. The summed E-state index contributed by atoms with van der Waals surface area (Å²) in [6.45, 7) is 3.07. The highest BCUT2D eigenvalue weighted by Gasteiger charge is 2.25. The minimum atomic E-state index is -1.30. The van der Waals surface area contributed by atoms with Crippen LogP contribution in [0.2, 0.25) is 0 Å². The number of aliphatic hydroxyl groups is 1. The maximum Gasteiger partial charge on any atom is 0.328 e. The van der Waals surface area contributed by atoms with Crippen molar-refractivity contribution in [3.63, 3.8) is 0 Å². The topological polar surface area (TPSA) is 86.6 Å². The smallest absolute Gasteiger partial charge is 0.328 e. The number of carboxylic acids is 1. The van der Waals surface area contributed by atoms with Gasteiger partial charge in [0.25, 0.3) is 5.91 Å². The molecule has 0 bridgehead atoms. The molecule has 0 aliphatic heterocycles. The van der Waals surface area contributed by atoms with E-state index in [9.17, 15) is 14.7 Å². The molecule has 5 nitrogen and oxygen atoms in total. The molecular formula is C12H15NO4. The molecule has 1 rings (SSSR count). The number of rotatable bonds is 4. The Morgan fingerprint density at radius 3 is 2.35 bits per heavy atom. The molecule has 92 valence electrons. The molecule has 1 aromatic carbocycles. The molecule has 0 saturated heterocycles. The highest BCUT2D eigenvalue weighted by Crippen LogP contribution is 2.07. The van der Waals surface area contributed by atoms with Gasteiger partial charge in [0.2, 0.25) is 0 Å². The number of carboxylic acid groups (broad SMARTS) is 1. The van der Waals surface area contributed by atoms with Crippen LogP contribution in [0.5, 0.6) is 0 Å². The number of hydrogen-bond donors (Lipinski definition) is 3. The summed E-state index contributed by atoms with van der Waals surface area (Å²) in [6, 6.07) is 5.54. The molecular weight excluding hydrogens is 222 g/mol. The van der Waals surface area contributed by atoms with Crippen LogP contribution in [-0.2, 0) is 4.79 Å². The summed E-state index contributed by atoms with van der Waals surface area (Å²) in [4.78, 5) is 22.6. The van der Waals surface area contributed by atoms with Crippen molar-refractivity contribution in [3.8, 4) is 0 Å². The van der Waals surface area contributed by atoms with E-state index in [2.05, 4.69) is 5.32 Å². The van der Waals surface area contributed by atoms with E-state index in [1.165, 1.54) is 6.92 Å². The first-order valence-corrected chi connectivity index (χ1v) is 5.21. The van der Waals surface area contributed by atoms with E-state index in [1.54, 1.807) is 31.2 Å². The molecule has 2 atom stereocenters. The van der Waals surface area contributed by atoms with Gasteiger partial charge in [0, 0.05) is 5.56 Å². The van der Waals surface area contributed by atoms with Crippen LogP contribution in [0.1, 0.15) is 22.8 Å². The Balaban J connectivity index is 2.85. The largest absolute Gasteiger partial charge is 0.480 e. The van der Waals surface area contributed by atoms with Crippen molar-refractivity contribution in [3.05, 3.63) is 35.4 Å². The van der Waals surface area contributed by atoms with Crippen molar-refractivity contribution >= 4 is 11.9 Å². The van der Waals surface area contributed by atoms with Crippen LogP contribution in [0.4, 0.5) is 0 Å². The number of benzene rings is 1. The molecule has 0 heterocycles. The Morgan fingerprint density at radius 2 is 1.88 bits per heavy atom. The fourth-order valence-corrected chi connectivity index (χ4v) is 1.44. The molecule has 0 aliphatic rings. The van der Waals surface area contributed by atoms with Gasteiger partial charge in [0.05, 0.1) is 6.10 Å². The monoisotopic (exact) mass is 237 g/mol. The first-order valence-electron chi connectivity index (χ1n) is 5.21. The van der Waals surface area contributed by atoms with Crippen LogP contribution >= 0.6 is 0 Å². The molecule has 0 spiro atoms. The van der Waals surface area contributed by atoms with Gasteiger partial charge in [0.15, 0.2) is 6.04 Å². The first kappa shape index (κ1) is 13.2. The number of carbonyl (C=O) groups excluding carboxylic acids is 1. The van der Waals surface area contributed by atoms with Gasteiger partial charge >= 0.3 is 5.97 Å². The minimum Gasteiger partial charge on any atom is -0.480 e. The lowest BCUT2D eigenvalue weighted by atomic mass is 10.1. The van der Waals surface area contributed by atoms with Gasteiger partial charge in [-0.05, 0) is 25.5 Å². The summed E-state index contributed by atoms with van der Waals surface area (Å²) in [5.41, 5.74) is 1.15. The Bertz CT molecular complexity index is 428. The maximum atomic E-state index is 11.8. The zero-order valence-electron chi connectivity index (χ0n) is 9.68. The molecule has 2 unspecified atom stereocenters. The van der Waals surface area contributed by atoms with Crippen molar-refractivity contribution in [1.29, 1.82) is 0 Å². The number of carbonyl (C=O) groups is 2. The van der Waals surface area contributed by atoms with Gasteiger partial charge in [0.1, 0.15) is 0 Å². The first-order chi connectivity index (χ1) is 7.93. The second-order valence-corrected chi connectivity index (χ2v) is 3.84. The van der Waals surface area contributed by atoms with Crippen LogP contribution in [0, 0.1) is 6.92 Å². The third kappa shape index (κ3) is 3.29. The molecule has 0 saturated carbocycles. The van der Waals surface area contributed by atoms with Crippen molar-refractivity contribution in [1.82, 2.24) is 5.32 Å². The van der Waals surface area contributed by atoms with Crippen LogP contribution in [0.3, 0.4) is 0 Å². The van der Waals surface area contributed by atoms with Gasteiger partial charge < -0.3 is 15.5 Å². The van der Waals surface area contributed by atoms with Crippen LogP contribution in [0.15, 0.2) is 24.3 Å². The predicted octanol–water partition coefficient (Wildman–Crippen LogP) is 0.559. The van der Waals surface area contributed by atoms with Crippen molar-refractivity contribution in [2.75, 3.05) is 0 Å². The summed E-state index contributed by atoms with van der Waals surface area (Å²) in [5.74, 6) is -1.77. The highest BCUT2D eigenvalue weighted by molar-refractivity contribution is 5.97. The summed E-state index contributed by atoms with van der Waals surface area (Å²) in [6.07, 6.45) is -1.15. The zero-order chi connectivity index (χ0) is 13.0. The van der Waals surface area contributed by atoms with Crippen molar-refractivity contribution in [2.24, 2.45) is 0 Å². The average molecular weight is 237 g/mol. The summed E-state index contributed by atoms with van der Waals surface area (Å²) in [7, 11) is 0. The fraction of sp³-hybridized carbons (Fsp3) is 0.333. The molecule has 0 radical (unpaired) electrons. The molecule has 5 heteroatoms. The van der Waals surface area contributed by atoms with Crippen LogP contribution in [-0.4, -0.2) is 34.2 Å². The maximum absolute atomic E-state index is 11.8. The standard InChI is InChI=1S/C12H15NO4/c1-7-5-3-4-6-9(7)11(15)13-10(8(2)14)12(16)17/h3-6,8,10,14H,1-2H3,(H,13,15)(H,16,17). The Morgan fingerprint density at radius 1 is 1.29 bits per heavy atom. The summed E-state index contributed by atoms with van der Waals surface area (Å²) < 4.78 is 0. The van der Waals surface area contributed by atoms with E-state index in [0.717, 1.165) is 5.56 Å². The number of amides is 1. The second-order valence-electron chi connectivity index (χ2n) is 3.84. The van der Waals surface area contributed by atoms with Gasteiger partial charge in [-0.2, -0.15) is 0 Å². The molecule has 0 aliphatic carbocycles. The molecule has 0 aromatic heterocycles. The number of aliphatic hydroxyl groups excluding tert-OH is 1. The van der Waals surface area contributed by atoms with E-state index >= 15 is 0 Å². The van der Waals surface area contributed by atoms with E-state index < -0.39 is 24.0 Å². The molecule has 3 N–H and O–H groups in total. The average Bonchev–Trinajstić information content (AvgIpc) is 2.25. The lowest BCUT2D eigenvalue weighted by molar-refractivity contribution is -0.141. The van der Waals surface area contributed by atoms with Gasteiger partial charge in [-0.1, -0.05) is 18.2 Å². The predicted molar refractivity (Wildman–Crippen MR) is 61.7 cm³/mol. The van der Waals surface area contributed by atoms with E-state index in [4.69, 9.17) is 5.11 Å². The Labute approximate surface area is 99.1 Å². The van der Waals surface area contributed by atoms with E-state index in [1.807, 2.05) is 0 Å². The molecule has 0 fully saturated rings. The normalized spacial score (nSPS) is 13.8. The van der Waals surface area contributed by atoms with E-state index in [0.29, 0.717) is 5.56 Å². The highest BCUT2D eigenvalue weighted by atomic mass is 16.4. The second kappa shape index (κ2) is 5.45. The van der Waals surface area contributed by atoms with Gasteiger partial charge in [-0.3, -0.25) is 4.79 Å². The third-order valence-electron chi connectivity index (χ3n) is 2.42. The summed E-state index contributed by atoms with van der Waals surface area (Å²) in [5, 5.41) is 20.4. The zero-order valence-corrected chi connectivity index (χ0v) is 9.68. The van der Waals surface area contributed by atoms with Gasteiger partial charge in [-0.25, -0.2) is 4.79 Å². The van der Waals surface area contributed by atoms with E-state index in [-0.39, 0.29) is 0 Å². The fourth-order valence-electron chi connectivity index (χ4n) is 1.44. The quantitative estimate of drug-likeness (QED) is 0.714. The third-order valence-corrected chi connectivity index (χ3v) is 2.42. The number of nitrogens with one attached hydrogen (secondary N) is 1. The minimum absolute atomic E-state index is 0.402. The van der Waals surface area contributed by atoms with Crippen LogP contribution < -0.4 is 5.32 Å².